The number of hydrogen-bond donors (Lipinski definition) is 1. The number of nitrogens with zero attached hydrogens (tertiary/aromatic N) is 2. The molecule has 0 bridgehead atoms. The normalized spacial score (nSPS) is 19.5. The zero-order valence-corrected chi connectivity index (χ0v) is 20.1. The number of aryl methyl sites for hydroxylation is 1. The van der Waals surface area contributed by atoms with Crippen LogP contribution in [0.5, 0.6) is 0 Å². The standard InChI is InChI=1S/C24H31N3O5S/c1-19-10-12-20(13-11-19)16-25-23(29)24(2)18-26(17-22(28)27(24)14-7-15-32-3)33(30,31)21-8-5-4-6-9-21/h4-6,8-13H,7,14-18H2,1-3H3,(H,25,29)/t24-/m1/s1. The van der Waals surface area contributed by atoms with Gasteiger partial charge in [-0.05, 0) is 38.0 Å². The summed E-state index contributed by atoms with van der Waals surface area (Å²) in [6.07, 6.45) is 0.536. The highest BCUT2D eigenvalue weighted by atomic mass is 32.2. The van der Waals surface area contributed by atoms with E-state index in [2.05, 4.69) is 5.32 Å². The Balaban J connectivity index is 1.86. The third kappa shape index (κ3) is 5.61. The van der Waals surface area contributed by atoms with Gasteiger partial charge in [-0.1, -0.05) is 48.0 Å². The molecule has 0 aliphatic carbocycles. The molecular weight excluding hydrogens is 442 g/mol. The molecule has 2 aromatic rings. The number of nitrogens with one attached hydrogen (secondary N) is 1. The molecule has 0 spiro atoms. The number of methoxy groups -OCH3 is 1. The Morgan fingerprint density at radius 2 is 1.79 bits per heavy atom. The minimum Gasteiger partial charge on any atom is -0.385 e. The Hall–Kier alpha value is -2.75. The first-order valence-corrected chi connectivity index (χ1v) is 12.3. The fourth-order valence-corrected chi connectivity index (χ4v) is 5.42. The molecule has 2 aromatic carbocycles. The second-order valence-electron chi connectivity index (χ2n) is 8.42. The Morgan fingerprint density at radius 1 is 1.12 bits per heavy atom. The molecule has 1 N–H and O–H groups in total. The summed E-state index contributed by atoms with van der Waals surface area (Å²) in [5.74, 6) is -0.813. The van der Waals surface area contributed by atoms with Crippen LogP contribution in [0.25, 0.3) is 0 Å². The van der Waals surface area contributed by atoms with Gasteiger partial charge in [0.25, 0.3) is 0 Å². The van der Waals surface area contributed by atoms with Gasteiger partial charge in [0.2, 0.25) is 21.8 Å². The van der Waals surface area contributed by atoms with E-state index in [-0.39, 0.29) is 24.5 Å². The molecule has 1 fully saturated rings. The molecule has 8 nitrogen and oxygen atoms in total. The number of carbonyl (C=O) groups excluding carboxylic acids is 2. The number of carbonyl (C=O) groups is 2. The molecule has 0 unspecified atom stereocenters. The van der Waals surface area contributed by atoms with Gasteiger partial charge in [-0.2, -0.15) is 4.31 Å². The number of benzene rings is 2. The molecule has 33 heavy (non-hydrogen) atoms. The first-order chi connectivity index (χ1) is 15.7. The fourth-order valence-electron chi connectivity index (χ4n) is 3.92. The summed E-state index contributed by atoms with van der Waals surface area (Å²) in [6.45, 7) is 4.15. The number of amides is 2. The number of rotatable bonds is 9. The highest BCUT2D eigenvalue weighted by molar-refractivity contribution is 7.89. The van der Waals surface area contributed by atoms with Gasteiger partial charge in [-0.15, -0.1) is 0 Å². The zero-order chi connectivity index (χ0) is 24.1. The predicted molar refractivity (Wildman–Crippen MR) is 125 cm³/mol. The van der Waals surface area contributed by atoms with E-state index in [9.17, 15) is 18.0 Å². The molecule has 3 rings (SSSR count). The minimum absolute atomic E-state index is 0.0908. The van der Waals surface area contributed by atoms with E-state index in [0.717, 1.165) is 15.4 Å². The van der Waals surface area contributed by atoms with Crippen LogP contribution in [0.3, 0.4) is 0 Å². The molecule has 0 radical (unpaired) electrons. The van der Waals surface area contributed by atoms with Crippen molar-refractivity contribution in [2.24, 2.45) is 0 Å². The van der Waals surface area contributed by atoms with E-state index >= 15 is 0 Å². The molecule has 1 atom stereocenters. The molecule has 178 valence electrons. The second-order valence-corrected chi connectivity index (χ2v) is 10.4. The van der Waals surface area contributed by atoms with Crippen molar-refractivity contribution in [3.8, 4) is 0 Å². The average molecular weight is 474 g/mol. The van der Waals surface area contributed by atoms with Crippen LogP contribution in [-0.2, 0) is 30.9 Å². The highest BCUT2D eigenvalue weighted by Crippen LogP contribution is 2.28. The largest absolute Gasteiger partial charge is 0.385 e. The van der Waals surface area contributed by atoms with Gasteiger partial charge in [-0.3, -0.25) is 9.59 Å². The molecule has 9 heteroatoms. The van der Waals surface area contributed by atoms with Gasteiger partial charge < -0.3 is 15.0 Å². The molecule has 0 aromatic heterocycles. The van der Waals surface area contributed by atoms with Gasteiger partial charge in [0.1, 0.15) is 5.54 Å². The van der Waals surface area contributed by atoms with E-state index in [1.54, 1.807) is 32.2 Å². The Bertz CT molecular complexity index is 1070. The Morgan fingerprint density at radius 3 is 2.42 bits per heavy atom. The van der Waals surface area contributed by atoms with Crippen molar-refractivity contribution in [1.82, 2.24) is 14.5 Å². The Kier molecular flexibility index (Phi) is 7.88. The van der Waals surface area contributed by atoms with Gasteiger partial charge >= 0.3 is 0 Å². The second kappa shape index (κ2) is 10.5. The maximum Gasteiger partial charge on any atom is 0.247 e. The lowest BCUT2D eigenvalue weighted by atomic mass is 9.95. The summed E-state index contributed by atoms with van der Waals surface area (Å²) in [5.41, 5.74) is 0.663. The summed E-state index contributed by atoms with van der Waals surface area (Å²) in [4.78, 5) is 28.1. The van der Waals surface area contributed by atoms with Crippen LogP contribution in [0, 0.1) is 6.92 Å². The average Bonchev–Trinajstić information content (AvgIpc) is 2.80. The SMILES string of the molecule is COCCCN1C(=O)CN(S(=O)(=O)c2ccccc2)C[C@]1(C)C(=O)NCc1ccc(C)cc1. The number of sulfonamides is 1. The van der Waals surface area contributed by atoms with Crippen molar-refractivity contribution in [2.75, 3.05) is 33.4 Å². The molecule has 0 saturated carbocycles. The van der Waals surface area contributed by atoms with Crippen molar-refractivity contribution in [3.05, 3.63) is 65.7 Å². The van der Waals surface area contributed by atoms with E-state index in [0.29, 0.717) is 19.6 Å². The van der Waals surface area contributed by atoms with Crippen molar-refractivity contribution < 1.29 is 22.7 Å². The van der Waals surface area contributed by atoms with E-state index in [1.807, 2.05) is 31.2 Å². The zero-order valence-electron chi connectivity index (χ0n) is 19.3. The fraction of sp³-hybridized carbons (Fsp3) is 0.417. The van der Waals surface area contributed by atoms with Crippen LogP contribution in [0.4, 0.5) is 0 Å². The first kappa shape index (κ1) is 24.9. The van der Waals surface area contributed by atoms with Crippen molar-refractivity contribution in [1.29, 1.82) is 0 Å². The number of piperazine rings is 1. The monoisotopic (exact) mass is 473 g/mol. The van der Waals surface area contributed by atoms with E-state index in [4.69, 9.17) is 4.74 Å². The van der Waals surface area contributed by atoms with Crippen molar-refractivity contribution in [3.63, 3.8) is 0 Å². The highest BCUT2D eigenvalue weighted by Gasteiger charge is 2.50. The van der Waals surface area contributed by atoms with Crippen LogP contribution in [-0.4, -0.2) is 68.3 Å². The lowest BCUT2D eigenvalue weighted by Crippen LogP contribution is -2.69. The molecule has 1 aliphatic rings. The Labute approximate surface area is 195 Å². The molecule has 2 amide bonds. The summed E-state index contributed by atoms with van der Waals surface area (Å²) < 4.78 is 32.7. The third-order valence-corrected chi connectivity index (χ3v) is 7.67. The van der Waals surface area contributed by atoms with Crippen LogP contribution >= 0.6 is 0 Å². The lowest BCUT2D eigenvalue weighted by molar-refractivity contribution is -0.153. The first-order valence-electron chi connectivity index (χ1n) is 10.9. The van der Waals surface area contributed by atoms with E-state index in [1.165, 1.54) is 17.0 Å². The van der Waals surface area contributed by atoms with Gasteiger partial charge in [0.15, 0.2) is 0 Å². The number of ether oxygens (including phenoxy) is 1. The van der Waals surface area contributed by atoms with Gasteiger partial charge in [0.05, 0.1) is 11.4 Å². The lowest BCUT2D eigenvalue weighted by Gasteiger charge is -2.46. The quantitative estimate of drug-likeness (QED) is 0.562. The minimum atomic E-state index is -3.94. The summed E-state index contributed by atoms with van der Waals surface area (Å²) in [6, 6.07) is 15.7. The summed E-state index contributed by atoms with van der Waals surface area (Å²) in [7, 11) is -2.37. The topological polar surface area (TPSA) is 96.0 Å². The van der Waals surface area contributed by atoms with Gasteiger partial charge in [-0.25, -0.2) is 8.42 Å². The van der Waals surface area contributed by atoms with Crippen molar-refractivity contribution >= 4 is 21.8 Å². The third-order valence-electron chi connectivity index (χ3n) is 5.87. The van der Waals surface area contributed by atoms with Gasteiger partial charge in [0, 0.05) is 33.4 Å². The smallest absolute Gasteiger partial charge is 0.247 e. The molecular formula is C24H31N3O5S. The summed E-state index contributed by atoms with van der Waals surface area (Å²) >= 11 is 0. The van der Waals surface area contributed by atoms with E-state index < -0.39 is 27.4 Å². The maximum atomic E-state index is 13.4. The predicted octanol–water partition coefficient (Wildman–Crippen LogP) is 1.94. The van der Waals surface area contributed by atoms with Crippen molar-refractivity contribution in [2.45, 2.75) is 37.2 Å². The maximum absolute atomic E-state index is 13.4. The van der Waals surface area contributed by atoms with Crippen LogP contribution in [0.15, 0.2) is 59.5 Å². The van der Waals surface area contributed by atoms with Crippen LogP contribution in [0.1, 0.15) is 24.5 Å². The summed E-state index contributed by atoms with van der Waals surface area (Å²) in [5, 5.41) is 2.90. The van der Waals surface area contributed by atoms with Crippen LogP contribution < -0.4 is 5.32 Å². The molecule has 1 heterocycles. The molecule has 1 aliphatic heterocycles. The van der Waals surface area contributed by atoms with Crippen LogP contribution in [0.2, 0.25) is 0 Å². The number of hydrogen-bond acceptors (Lipinski definition) is 5. The molecule has 1 saturated heterocycles.